The molecule has 118 valence electrons. The number of methoxy groups -OCH3 is 2. The molecule has 1 aromatic carbocycles. The van der Waals surface area contributed by atoms with Crippen LogP contribution in [-0.4, -0.2) is 39.8 Å². The minimum Gasteiger partial charge on any atom is -0.493 e. The van der Waals surface area contributed by atoms with E-state index in [4.69, 9.17) is 14.6 Å². The molecule has 0 heterocycles. The van der Waals surface area contributed by atoms with Crippen LogP contribution >= 0.6 is 0 Å². The number of carboxylic acid groups (broad SMARTS) is 1. The Bertz CT molecular complexity index is 631. The maximum Gasteiger partial charge on any atom is 0.304 e. The number of ether oxygens (including phenoxy) is 2. The van der Waals surface area contributed by atoms with Gasteiger partial charge in [-0.05, 0) is 6.92 Å². The van der Waals surface area contributed by atoms with Crippen molar-refractivity contribution in [2.24, 2.45) is 0 Å². The molecule has 0 spiro atoms. The second-order valence-corrected chi connectivity index (χ2v) is 5.94. The Labute approximate surface area is 121 Å². The third-order valence-corrected chi connectivity index (χ3v) is 4.17. The van der Waals surface area contributed by atoms with E-state index in [0.717, 1.165) is 12.1 Å². The fourth-order valence-corrected chi connectivity index (χ4v) is 2.99. The van der Waals surface area contributed by atoms with Crippen LogP contribution in [0.4, 0.5) is 4.39 Å². The van der Waals surface area contributed by atoms with Gasteiger partial charge in [0, 0.05) is 18.2 Å². The maximum atomic E-state index is 13.9. The van der Waals surface area contributed by atoms with E-state index in [1.54, 1.807) is 0 Å². The summed E-state index contributed by atoms with van der Waals surface area (Å²) in [5, 5.41) is 8.61. The maximum absolute atomic E-state index is 13.9. The van der Waals surface area contributed by atoms with E-state index in [1.807, 2.05) is 0 Å². The lowest BCUT2D eigenvalue weighted by molar-refractivity contribution is -0.137. The smallest absolute Gasteiger partial charge is 0.304 e. The molecule has 0 fully saturated rings. The van der Waals surface area contributed by atoms with Crippen LogP contribution in [0.2, 0.25) is 0 Å². The lowest BCUT2D eigenvalue weighted by atomic mass is 10.3. The molecule has 7 nitrogen and oxygen atoms in total. The zero-order valence-electron chi connectivity index (χ0n) is 11.7. The third-order valence-electron chi connectivity index (χ3n) is 2.56. The standard InChI is InChI=1S/C12H16FNO6S/c1-7(4-12(15)16)14-21(17,18)11-6-10(20-3)9(19-2)5-8(11)13/h5-7,14H,4H2,1-3H3,(H,15,16). The van der Waals surface area contributed by atoms with Crippen LogP contribution in [0, 0.1) is 5.82 Å². The molecule has 0 radical (unpaired) electrons. The van der Waals surface area contributed by atoms with Crippen molar-refractivity contribution in [3.63, 3.8) is 0 Å². The van der Waals surface area contributed by atoms with Crippen molar-refractivity contribution in [2.75, 3.05) is 14.2 Å². The number of aliphatic carboxylic acids is 1. The SMILES string of the molecule is COc1cc(F)c(S(=O)(=O)NC(C)CC(=O)O)cc1OC. The fraction of sp³-hybridized carbons (Fsp3) is 0.417. The first kappa shape index (κ1) is 17.2. The normalized spacial score (nSPS) is 12.8. The van der Waals surface area contributed by atoms with E-state index in [1.165, 1.54) is 21.1 Å². The third kappa shape index (κ3) is 4.30. The van der Waals surface area contributed by atoms with E-state index < -0.39 is 39.2 Å². The molecule has 0 saturated carbocycles. The van der Waals surface area contributed by atoms with Crippen molar-refractivity contribution in [3.8, 4) is 11.5 Å². The number of carboxylic acids is 1. The molecule has 0 aromatic heterocycles. The van der Waals surface area contributed by atoms with Crippen molar-refractivity contribution in [1.29, 1.82) is 0 Å². The van der Waals surface area contributed by atoms with Crippen LogP contribution in [0.15, 0.2) is 17.0 Å². The van der Waals surface area contributed by atoms with Gasteiger partial charge >= 0.3 is 5.97 Å². The van der Waals surface area contributed by atoms with Gasteiger partial charge in [0.25, 0.3) is 0 Å². The summed E-state index contributed by atoms with van der Waals surface area (Å²) in [6.45, 7) is 1.37. The van der Waals surface area contributed by atoms with Crippen LogP contribution in [0.5, 0.6) is 11.5 Å². The summed E-state index contributed by atoms with van der Waals surface area (Å²) in [4.78, 5) is 9.90. The number of benzene rings is 1. The van der Waals surface area contributed by atoms with Crippen LogP contribution in [0.25, 0.3) is 0 Å². The minimum atomic E-state index is -4.22. The Hall–Kier alpha value is -1.87. The molecule has 0 amide bonds. The van der Waals surface area contributed by atoms with Crippen molar-refractivity contribution in [3.05, 3.63) is 17.9 Å². The predicted octanol–water partition coefficient (Wildman–Crippen LogP) is 0.984. The lowest BCUT2D eigenvalue weighted by Crippen LogP contribution is -2.34. The van der Waals surface area contributed by atoms with Crippen molar-refractivity contribution >= 4 is 16.0 Å². The Morgan fingerprint density at radius 1 is 1.33 bits per heavy atom. The quantitative estimate of drug-likeness (QED) is 0.776. The number of sulfonamides is 1. The number of hydrogen-bond acceptors (Lipinski definition) is 5. The number of rotatable bonds is 7. The minimum absolute atomic E-state index is 0.0464. The largest absolute Gasteiger partial charge is 0.493 e. The molecule has 21 heavy (non-hydrogen) atoms. The molecule has 2 N–H and O–H groups in total. The van der Waals surface area contributed by atoms with E-state index in [2.05, 4.69) is 4.72 Å². The van der Waals surface area contributed by atoms with Crippen molar-refractivity contribution in [1.82, 2.24) is 4.72 Å². The monoisotopic (exact) mass is 321 g/mol. The zero-order chi connectivity index (χ0) is 16.2. The van der Waals surface area contributed by atoms with E-state index in [-0.39, 0.29) is 11.5 Å². The van der Waals surface area contributed by atoms with Gasteiger partial charge in [0.15, 0.2) is 11.5 Å². The molecule has 0 saturated heterocycles. The Kier molecular flexibility index (Phi) is 5.50. The second-order valence-electron chi connectivity index (χ2n) is 4.26. The molecular weight excluding hydrogens is 305 g/mol. The highest BCUT2D eigenvalue weighted by molar-refractivity contribution is 7.89. The molecule has 0 aliphatic heterocycles. The lowest BCUT2D eigenvalue weighted by Gasteiger charge is -2.14. The van der Waals surface area contributed by atoms with Crippen LogP contribution in [-0.2, 0) is 14.8 Å². The molecule has 1 unspecified atom stereocenters. The molecule has 1 aromatic rings. The highest BCUT2D eigenvalue weighted by Crippen LogP contribution is 2.31. The molecule has 1 rings (SSSR count). The summed E-state index contributed by atoms with van der Waals surface area (Å²) in [5.41, 5.74) is 0. The van der Waals surface area contributed by atoms with Gasteiger partial charge < -0.3 is 14.6 Å². The molecule has 0 aliphatic rings. The summed E-state index contributed by atoms with van der Waals surface area (Å²) < 4.78 is 49.9. The van der Waals surface area contributed by atoms with Gasteiger partial charge in [0.05, 0.1) is 20.6 Å². The number of carbonyl (C=O) groups is 1. The van der Waals surface area contributed by atoms with Gasteiger partial charge in [-0.2, -0.15) is 0 Å². The summed E-state index contributed by atoms with van der Waals surface area (Å²) in [7, 11) is -1.64. The molecular formula is C12H16FNO6S. The highest BCUT2D eigenvalue weighted by Gasteiger charge is 2.25. The van der Waals surface area contributed by atoms with E-state index in [9.17, 15) is 17.6 Å². The zero-order valence-corrected chi connectivity index (χ0v) is 12.5. The summed E-state index contributed by atoms with van der Waals surface area (Å²) in [5.74, 6) is -2.10. The van der Waals surface area contributed by atoms with Gasteiger partial charge in [-0.15, -0.1) is 0 Å². The average molecular weight is 321 g/mol. The Morgan fingerprint density at radius 3 is 2.33 bits per heavy atom. The van der Waals surface area contributed by atoms with Gasteiger partial charge in [-0.25, -0.2) is 17.5 Å². The number of halogens is 1. The summed E-state index contributed by atoms with van der Waals surface area (Å²) in [6.07, 6.45) is -0.422. The molecule has 0 aliphatic carbocycles. The highest BCUT2D eigenvalue weighted by atomic mass is 32.2. The van der Waals surface area contributed by atoms with Gasteiger partial charge in [-0.1, -0.05) is 0 Å². The predicted molar refractivity (Wildman–Crippen MR) is 71.5 cm³/mol. The Morgan fingerprint density at radius 2 is 1.86 bits per heavy atom. The fourth-order valence-electron chi connectivity index (χ4n) is 1.67. The van der Waals surface area contributed by atoms with E-state index >= 15 is 0 Å². The van der Waals surface area contributed by atoms with Gasteiger partial charge in [0.1, 0.15) is 10.7 Å². The second kappa shape index (κ2) is 6.72. The molecule has 0 bridgehead atoms. The van der Waals surface area contributed by atoms with Crippen molar-refractivity contribution < 1.29 is 32.2 Å². The van der Waals surface area contributed by atoms with Crippen LogP contribution in [0.3, 0.4) is 0 Å². The number of hydrogen-bond donors (Lipinski definition) is 2. The first-order valence-corrected chi connectivity index (χ1v) is 7.35. The average Bonchev–Trinajstić information content (AvgIpc) is 2.36. The van der Waals surface area contributed by atoms with E-state index in [0.29, 0.717) is 0 Å². The first-order chi connectivity index (χ1) is 9.71. The summed E-state index contributed by atoms with van der Waals surface area (Å²) in [6, 6.07) is 0.971. The Balaban J connectivity index is 3.16. The first-order valence-electron chi connectivity index (χ1n) is 5.87. The molecule has 9 heteroatoms. The molecule has 1 atom stereocenters. The topological polar surface area (TPSA) is 102 Å². The number of nitrogens with one attached hydrogen (secondary N) is 1. The van der Waals surface area contributed by atoms with Crippen LogP contribution in [0.1, 0.15) is 13.3 Å². The van der Waals surface area contributed by atoms with Gasteiger partial charge in [0.2, 0.25) is 10.0 Å². The van der Waals surface area contributed by atoms with Gasteiger partial charge in [-0.3, -0.25) is 4.79 Å². The van der Waals surface area contributed by atoms with Crippen LogP contribution < -0.4 is 14.2 Å². The summed E-state index contributed by atoms with van der Waals surface area (Å²) >= 11 is 0. The van der Waals surface area contributed by atoms with Crippen molar-refractivity contribution in [2.45, 2.75) is 24.3 Å².